The molecule has 2 aromatic heterocycles. The zero-order valence-corrected chi connectivity index (χ0v) is 12.1. The fourth-order valence-corrected chi connectivity index (χ4v) is 2.53. The number of nitrogens with zero attached hydrogens (tertiary/aromatic N) is 2. The molecule has 0 saturated carbocycles. The Morgan fingerprint density at radius 3 is 3.11 bits per heavy atom. The standard InChI is InChI=1S/C14H14ClN3S/c1-3-5-6-10(4-2)9-16-13-12-11(7-8-19-12)17-14(15)18-13/h3-8H,2,9H2,1H3,(H,16,17,18)/b5-3-,10-6+. The highest BCUT2D eigenvalue weighted by Crippen LogP contribution is 2.27. The van der Waals surface area contributed by atoms with E-state index in [0.717, 1.165) is 21.6 Å². The first kappa shape index (κ1) is 13.8. The summed E-state index contributed by atoms with van der Waals surface area (Å²) in [5.41, 5.74) is 1.95. The maximum atomic E-state index is 5.91. The van der Waals surface area contributed by atoms with Crippen LogP contribution in [-0.2, 0) is 0 Å². The molecule has 0 aliphatic heterocycles. The van der Waals surface area contributed by atoms with Crippen LogP contribution in [0.2, 0.25) is 5.28 Å². The topological polar surface area (TPSA) is 37.8 Å². The van der Waals surface area contributed by atoms with Gasteiger partial charge in [-0.25, -0.2) is 4.98 Å². The molecule has 0 fully saturated rings. The SMILES string of the molecule is C=C/C(=C\C=C/C)CNc1nc(Cl)nc2ccsc12. The molecule has 0 amide bonds. The normalized spacial score (nSPS) is 12.2. The van der Waals surface area contributed by atoms with Gasteiger partial charge in [-0.05, 0) is 35.5 Å². The third kappa shape index (κ3) is 3.43. The van der Waals surface area contributed by atoms with Crippen molar-refractivity contribution in [1.29, 1.82) is 0 Å². The molecule has 5 heteroatoms. The lowest BCUT2D eigenvalue weighted by atomic mass is 10.2. The summed E-state index contributed by atoms with van der Waals surface area (Å²) < 4.78 is 1.01. The van der Waals surface area contributed by atoms with Crippen LogP contribution >= 0.6 is 22.9 Å². The van der Waals surface area contributed by atoms with E-state index >= 15 is 0 Å². The summed E-state index contributed by atoms with van der Waals surface area (Å²) in [5, 5.41) is 5.51. The fraction of sp³-hybridized carbons (Fsp3) is 0.143. The first-order valence-electron chi connectivity index (χ1n) is 5.83. The summed E-state index contributed by atoms with van der Waals surface area (Å²) >= 11 is 7.50. The van der Waals surface area contributed by atoms with Gasteiger partial charge >= 0.3 is 0 Å². The van der Waals surface area contributed by atoms with E-state index in [0.29, 0.717) is 6.54 Å². The van der Waals surface area contributed by atoms with Gasteiger partial charge in [-0.15, -0.1) is 11.3 Å². The number of allylic oxidation sites excluding steroid dienone is 3. The molecular weight excluding hydrogens is 278 g/mol. The van der Waals surface area contributed by atoms with Crippen molar-refractivity contribution in [3.63, 3.8) is 0 Å². The van der Waals surface area contributed by atoms with Crippen LogP contribution in [0.1, 0.15) is 6.92 Å². The van der Waals surface area contributed by atoms with Crippen molar-refractivity contribution >= 4 is 39.0 Å². The van der Waals surface area contributed by atoms with Gasteiger partial charge in [0.25, 0.3) is 0 Å². The van der Waals surface area contributed by atoms with Crippen LogP contribution in [0.15, 0.2) is 47.9 Å². The van der Waals surface area contributed by atoms with Crippen molar-refractivity contribution in [2.45, 2.75) is 6.92 Å². The second-order valence-electron chi connectivity index (χ2n) is 3.80. The third-order valence-corrected chi connectivity index (χ3v) is 3.58. The molecule has 19 heavy (non-hydrogen) atoms. The van der Waals surface area contributed by atoms with E-state index in [2.05, 4.69) is 21.9 Å². The second kappa shape index (κ2) is 6.50. The molecule has 0 aliphatic carbocycles. The summed E-state index contributed by atoms with van der Waals surface area (Å²) in [6.07, 6.45) is 7.78. The molecule has 1 N–H and O–H groups in total. The summed E-state index contributed by atoms with van der Waals surface area (Å²) in [6.45, 7) is 6.42. The van der Waals surface area contributed by atoms with Gasteiger partial charge in [0.2, 0.25) is 5.28 Å². The average molecular weight is 292 g/mol. The Hall–Kier alpha value is -1.65. The Morgan fingerprint density at radius 2 is 2.37 bits per heavy atom. The van der Waals surface area contributed by atoms with Gasteiger partial charge in [0.05, 0.1) is 10.2 Å². The molecule has 2 aromatic rings. The predicted octanol–water partition coefficient (Wildman–Crippen LogP) is 4.45. The van der Waals surface area contributed by atoms with Crippen LogP contribution in [0.3, 0.4) is 0 Å². The molecule has 0 saturated heterocycles. The van der Waals surface area contributed by atoms with E-state index in [9.17, 15) is 0 Å². The minimum absolute atomic E-state index is 0.256. The lowest BCUT2D eigenvalue weighted by Gasteiger charge is -2.07. The molecule has 0 bridgehead atoms. The van der Waals surface area contributed by atoms with Gasteiger partial charge in [0, 0.05) is 6.54 Å². The Bertz CT molecular complexity index is 643. The minimum Gasteiger partial charge on any atom is -0.365 e. The minimum atomic E-state index is 0.256. The number of nitrogens with one attached hydrogen (secondary N) is 1. The van der Waals surface area contributed by atoms with Crippen molar-refractivity contribution in [2.24, 2.45) is 0 Å². The average Bonchev–Trinajstić information content (AvgIpc) is 2.86. The van der Waals surface area contributed by atoms with Crippen molar-refractivity contribution < 1.29 is 0 Å². The maximum Gasteiger partial charge on any atom is 0.224 e. The summed E-state index contributed by atoms with van der Waals surface area (Å²) in [6, 6.07) is 1.93. The molecule has 0 radical (unpaired) electrons. The smallest absolute Gasteiger partial charge is 0.224 e. The van der Waals surface area contributed by atoms with Gasteiger partial charge in [0.1, 0.15) is 5.82 Å². The predicted molar refractivity (Wildman–Crippen MR) is 84.0 cm³/mol. The van der Waals surface area contributed by atoms with Crippen LogP contribution in [0, 0.1) is 0 Å². The van der Waals surface area contributed by atoms with Gasteiger partial charge in [-0.2, -0.15) is 4.98 Å². The quantitative estimate of drug-likeness (QED) is 0.653. The highest BCUT2D eigenvalue weighted by Gasteiger charge is 2.07. The molecule has 2 rings (SSSR count). The Morgan fingerprint density at radius 1 is 1.53 bits per heavy atom. The van der Waals surface area contributed by atoms with E-state index in [1.165, 1.54) is 0 Å². The van der Waals surface area contributed by atoms with Crippen LogP contribution in [0.5, 0.6) is 0 Å². The number of aromatic nitrogens is 2. The molecule has 0 unspecified atom stereocenters. The van der Waals surface area contributed by atoms with Gasteiger partial charge in [-0.3, -0.25) is 0 Å². The number of hydrogen-bond donors (Lipinski definition) is 1. The Kier molecular flexibility index (Phi) is 4.71. The molecule has 0 atom stereocenters. The second-order valence-corrected chi connectivity index (χ2v) is 5.06. The van der Waals surface area contributed by atoms with Crippen LogP contribution in [0.25, 0.3) is 10.2 Å². The molecule has 98 valence electrons. The van der Waals surface area contributed by atoms with Gasteiger partial charge in [-0.1, -0.05) is 30.9 Å². The molecule has 0 aliphatic rings. The van der Waals surface area contributed by atoms with Crippen molar-refractivity contribution in [2.75, 3.05) is 11.9 Å². The van der Waals surface area contributed by atoms with E-state index in [1.807, 2.05) is 42.7 Å². The Balaban J connectivity index is 2.21. The molecule has 0 spiro atoms. The lowest BCUT2D eigenvalue weighted by molar-refractivity contribution is 1.17. The number of fused-ring (bicyclic) bond motifs is 1. The number of anilines is 1. The monoisotopic (exact) mass is 291 g/mol. The number of hydrogen-bond acceptors (Lipinski definition) is 4. The summed E-state index contributed by atoms with van der Waals surface area (Å²) in [7, 11) is 0. The maximum absolute atomic E-state index is 5.91. The zero-order chi connectivity index (χ0) is 13.7. The largest absolute Gasteiger partial charge is 0.365 e. The first-order valence-corrected chi connectivity index (χ1v) is 7.09. The fourth-order valence-electron chi connectivity index (χ4n) is 1.56. The first-order chi connectivity index (χ1) is 9.24. The van der Waals surface area contributed by atoms with Crippen molar-refractivity contribution in [3.05, 3.63) is 53.2 Å². The zero-order valence-electron chi connectivity index (χ0n) is 10.6. The van der Waals surface area contributed by atoms with Crippen LogP contribution < -0.4 is 5.32 Å². The third-order valence-electron chi connectivity index (χ3n) is 2.50. The van der Waals surface area contributed by atoms with E-state index < -0.39 is 0 Å². The molecule has 3 nitrogen and oxygen atoms in total. The van der Waals surface area contributed by atoms with Crippen LogP contribution in [0.4, 0.5) is 5.82 Å². The van der Waals surface area contributed by atoms with E-state index in [-0.39, 0.29) is 5.28 Å². The molecule has 0 aromatic carbocycles. The highest BCUT2D eigenvalue weighted by molar-refractivity contribution is 7.17. The molecule has 2 heterocycles. The Labute approximate surface area is 121 Å². The number of halogens is 1. The summed E-state index contributed by atoms with van der Waals surface area (Å²) in [4.78, 5) is 8.41. The molecular formula is C14H14ClN3S. The highest BCUT2D eigenvalue weighted by atomic mass is 35.5. The lowest BCUT2D eigenvalue weighted by Crippen LogP contribution is -2.05. The van der Waals surface area contributed by atoms with E-state index in [4.69, 9.17) is 11.6 Å². The van der Waals surface area contributed by atoms with Gasteiger partial charge in [0.15, 0.2) is 0 Å². The van der Waals surface area contributed by atoms with Crippen molar-refractivity contribution in [1.82, 2.24) is 9.97 Å². The van der Waals surface area contributed by atoms with Gasteiger partial charge < -0.3 is 5.32 Å². The number of thiophene rings is 1. The number of rotatable bonds is 5. The van der Waals surface area contributed by atoms with E-state index in [1.54, 1.807) is 11.3 Å². The van der Waals surface area contributed by atoms with Crippen LogP contribution in [-0.4, -0.2) is 16.5 Å². The van der Waals surface area contributed by atoms with Crippen molar-refractivity contribution in [3.8, 4) is 0 Å². The summed E-state index contributed by atoms with van der Waals surface area (Å²) in [5.74, 6) is 0.762.